The molecule has 2 rings (SSSR count). The van der Waals surface area contributed by atoms with Crippen molar-refractivity contribution in [2.75, 3.05) is 17.9 Å². The number of rotatable bonds is 6. The lowest BCUT2D eigenvalue weighted by molar-refractivity contribution is 0.0944. The Kier molecular flexibility index (Phi) is 6.21. The Hall–Kier alpha value is -1.90. The number of hydrogen-bond donors (Lipinski definition) is 3. The van der Waals surface area contributed by atoms with E-state index in [-0.39, 0.29) is 24.0 Å². The number of amides is 1. The first kappa shape index (κ1) is 19.4. The molecule has 0 atom stereocenters. The van der Waals surface area contributed by atoms with Crippen LogP contribution in [0.1, 0.15) is 21.5 Å². The summed E-state index contributed by atoms with van der Waals surface area (Å²) in [6, 6.07) is 9.75. The maximum Gasteiger partial charge on any atom is 0.263 e. The highest BCUT2D eigenvalue weighted by atomic mass is 79.9. The first-order valence-electron chi connectivity index (χ1n) is 7.54. The molecule has 0 heterocycles. The Morgan fingerprint density at radius 1 is 1.20 bits per heavy atom. The highest BCUT2D eigenvalue weighted by molar-refractivity contribution is 9.10. The SMILES string of the molecule is Cc1ccc(S(=O)(=O)Nc2cccc(C(=O)NCCO)c2C)c(Br)c1. The molecule has 0 aliphatic carbocycles. The molecule has 0 saturated carbocycles. The van der Waals surface area contributed by atoms with Gasteiger partial charge in [0.25, 0.3) is 15.9 Å². The second kappa shape index (κ2) is 7.99. The number of anilines is 1. The summed E-state index contributed by atoms with van der Waals surface area (Å²) < 4.78 is 28.3. The lowest BCUT2D eigenvalue weighted by Crippen LogP contribution is -2.27. The standard InChI is InChI=1S/C17H19BrN2O4S/c1-11-6-7-16(14(18)10-11)25(23,24)20-15-5-3-4-13(12(15)2)17(22)19-8-9-21/h3-7,10,20-21H,8-9H2,1-2H3,(H,19,22). The molecular formula is C17H19BrN2O4S. The van der Waals surface area contributed by atoms with Gasteiger partial charge in [0, 0.05) is 16.6 Å². The van der Waals surface area contributed by atoms with Crippen molar-refractivity contribution < 1.29 is 18.3 Å². The number of halogens is 1. The molecule has 8 heteroatoms. The summed E-state index contributed by atoms with van der Waals surface area (Å²) in [5.74, 6) is -0.371. The smallest absolute Gasteiger partial charge is 0.263 e. The van der Waals surface area contributed by atoms with Gasteiger partial charge in [0.15, 0.2) is 0 Å². The van der Waals surface area contributed by atoms with Crippen molar-refractivity contribution in [3.8, 4) is 0 Å². The van der Waals surface area contributed by atoms with Crippen LogP contribution >= 0.6 is 15.9 Å². The van der Waals surface area contributed by atoms with Crippen LogP contribution in [-0.4, -0.2) is 32.6 Å². The summed E-state index contributed by atoms with van der Waals surface area (Å²) >= 11 is 3.27. The third-order valence-corrected chi connectivity index (χ3v) is 5.94. The van der Waals surface area contributed by atoms with Gasteiger partial charge in [-0.2, -0.15) is 0 Å². The van der Waals surface area contributed by atoms with E-state index in [0.29, 0.717) is 21.3 Å². The first-order valence-corrected chi connectivity index (χ1v) is 9.81. The number of nitrogens with one attached hydrogen (secondary N) is 2. The molecule has 3 N–H and O–H groups in total. The molecule has 0 fully saturated rings. The molecule has 0 aromatic heterocycles. The molecule has 2 aromatic carbocycles. The predicted octanol–water partition coefficient (Wildman–Crippen LogP) is 2.59. The van der Waals surface area contributed by atoms with Crippen molar-refractivity contribution in [2.24, 2.45) is 0 Å². The number of aliphatic hydroxyl groups excluding tert-OH is 1. The van der Waals surface area contributed by atoms with Crippen molar-refractivity contribution in [3.05, 3.63) is 57.6 Å². The maximum atomic E-state index is 12.7. The van der Waals surface area contributed by atoms with Crippen molar-refractivity contribution in [1.82, 2.24) is 5.32 Å². The van der Waals surface area contributed by atoms with Crippen molar-refractivity contribution in [2.45, 2.75) is 18.7 Å². The number of aliphatic hydroxyl groups is 1. The van der Waals surface area contributed by atoms with Crippen molar-refractivity contribution in [1.29, 1.82) is 0 Å². The monoisotopic (exact) mass is 426 g/mol. The topological polar surface area (TPSA) is 95.5 Å². The molecular weight excluding hydrogens is 408 g/mol. The highest BCUT2D eigenvalue weighted by Gasteiger charge is 2.20. The Morgan fingerprint density at radius 3 is 2.56 bits per heavy atom. The molecule has 25 heavy (non-hydrogen) atoms. The molecule has 0 radical (unpaired) electrons. The first-order chi connectivity index (χ1) is 11.8. The van der Waals surface area contributed by atoms with E-state index in [2.05, 4.69) is 26.0 Å². The van der Waals surface area contributed by atoms with Gasteiger partial charge in [0.2, 0.25) is 0 Å². The van der Waals surface area contributed by atoms with Gasteiger partial charge in [-0.25, -0.2) is 8.42 Å². The average Bonchev–Trinajstić information content (AvgIpc) is 2.54. The maximum absolute atomic E-state index is 12.7. The molecule has 134 valence electrons. The summed E-state index contributed by atoms with van der Waals surface area (Å²) in [7, 11) is -3.81. The van der Waals surface area contributed by atoms with Gasteiger partial charge in [0.1, 0.15) is 4.90 Å². The molecule has 0 aliphatic rings. The Bertz CT molecular complexity index is 898. The second-order valence-electron chi connectivity index (χ2n) is 5.50. The fourth-order valence-corrected chi connectivity index (χ4v) is 4.60. The van der Waals surface area contributed by atoms with E-state index < -0.39 is 10.0 Å². The van der Waals surface area contributed by atoms with E-state index >= 15 is 0 Å². The molecule has 0 bridgehead atoms. The molecule has 1 amide bonds. The predicted molar refractivity (Wildman–Crippen MR) is 100 cm³/mol. The number of sulfonamides is 1. The van der Waals surface area contributed by atoms with Gasteiger partial charge in [-0.15, -0.1) is 0 Å². The number of hydrogen-bond acceptors (Lipinski definition) is 4. The van der Waals surface area contributed by atoms with Gasteiger partial charge in [-0.3, -0.25) is 9.52 Å². The van der Waals surface area contributed by atoms with Gasteiger partial charge in [-0.1, -0.05) is 12.1 Å². The van der Waals surface area contributed by atoms with Crippen LogP contribution in [0.25, 0.3) is 0 Å². The fraction of sp³-hybridized carbons (Fsp3) is 0.235. The fourth-order valence-electron chi connectivity index (χ4n) is 2.28. The summed E-state index contributed by atoms with van der Waals surface area (Å²) in [4.78, 5) is 12.2. The van der Waals surface area contributed by atoms with Crippen LogP contribution in [0.5, 0.6) is 0 Å². The number of carbonyl (C=O) groups excluding carboxylic acids is 1. The molecule has 2 aromatic rings. The van der Waals surface area contributed by atoms with E-state index in [4.69, 9.17) is 5.11 Å². The minimum atomic E-state index is -3.81. The Labute approximate surface area is 155 Å². The largest absolute Gasteiger partial charge is 0.395 e. The van der Waals surface area contributed by atoms with E-state index in [9.17, 15) is 13.2 Å². The molecule has 6 nitrogen and oxygen atoms in total. The van der Waals surface area contributed by atoms with Crippen molar-refractivity contribution >= 4 is 37.5 Å². The molecule has 0 aliphatic heterocycles. The van der Waals surface area contributed by atoms with Gasteiger partial charge in [0.05, 0.1) is 12.3 Å². The van der Waals surface area contributed by atoms with Crippen LogP contribution in [0.2, 0.25) is 0 Å². The minimum absolute atomic E-state index is 0.118. The van der Waals surface area contributed by atoms with E-state index in [1.807, 2.05) is 6.92 Å². The summed E-state index contributed by atoms with van der Waals surface area (Å²) in [5.41, 5.74) is 2.11. The Balaban J connectivity index is 2.35. The minimum Gasteiger partial charge on any atom is -0.395 e. The third kappa shape index (κ3) is 4.59. The molecule has 0 spiro atoms. The number of benzene rings is 2. The van der Waals surface area contributed by atoms with Crippen LogP contribution in [0, 0.1) is 13.8 Å². The zero-order valence-electron chi connectivity index (χ0n) is 13.8. The van der Waals surface area contributed by atoms with Gasteiger partial charge < -0.3 is 10.4 Å². The lowest BCUT2D eigenvalue weighted by atomic mass is 10.1. The van der Waals surface area contributed by atoms with Crippen LogP contribution in [0.15, 0.2) is 45.8 Å². The number of carbonyl (C=O) groups is 1. The number of aryl methyl sites for hydroxylation is 1. The van der Waals surface area contributed by atoms with Crippen molar-refractivity contribution in [3.63, 3.8) is 0 Å². The van der Waals surface area contributed by atoms with Gasteiger partial charge >= 0.3 is 0 Å². The summed E-state index contributed by atoms with van der Waals surface area (Å²) in [6.45, 7) is 3.49. The quantitative estimate of drug-likeness (QED) is 0.661. The zero-order valence-corrected chi connectivity index (χ0v) is 16.2. The van der Waals surface area contributed by atoms with E-state index in [1.54, 1.807) is 37.3 Å². The van der Waals surface area contributed by atoms with Gasteiger partial charge in [-0.05, 0) is 65.2 Å². The van der Waals surface area contributed by atoms with Crippen LogP contribution in [-0.2, 0) is 10.0 Å². The third-order valence-electron chi connectivity index (χ3n) is 3.60. The average molecular weight is 427 g/mol. The molecule has 0 saturated heterocycles. The van der Waals surface area contributed by atoms with Crippen LogP contribution < -0.4 is 10.0 Å². The highest BCUT2D eigenvalue weighted by Crippen LogP contribution is 2.27. The second-order valence-corrected chi connectivity index (χ2v) is 8.00. The van der Waals surface area contributed by atoms with Crippen LogP contribution in [0.3, 0.4) is 0 Å². The normalized spacial score (nSPS) is 11.2. The zero-order chi connectivity index (χ0) is 18.6. The van der Waals surface area contributed by atoms with Crippen LogP contribution in [0.4, 0.5) is 5.69 Å². The Morgan fingerprint density at radius 2 is 1.92 bits per heavy atom. The summed E-state index contributed by atoms with van der Waals surface area (Å²) in [5, 5.41) is 11.4. The molecule has 0 unspecified atom stereocenters. The van der Waals surface area contributed by atoms with E-state index in [0.717, 1.165) is 5.56 Å². The van der Waals surface area contributed by atoms with E-state index in [1.165, 1.54) is 6.07 Å². The summed E-state index contributed by atoms with van der Waals surface area (Å²) in [6.07, 6.45) is 0. The lowest BCUT2D eigenvalue weighted by Gasteiger charge is -2.14.